The van der Waals surface area contributed by atoms with Crippen molar-refractivity contribution in [3.05, 3.63) is 34.6 Å². The molecule has 1 atom stereocenters. The van der Waals surface area contributed by atoms with Gasteiger partial charge in [0.25, 0.3) is 0 Å². The zero-order valence-electron chi connectivity index (χ0n) is 13.5. The van der Waals surface area contributed by atoms with Crippen molar-refractivity contribution < 1.29 is 18.0 Å². The molecule has 140 valence electrons. The monoisotopic (exact) mass is 405 g/mol. The zero-order valence-corrected chi connectivity index (χ0v) is 15.1. The Hall–Kier alpha value is -1.94. The molecule has 2 aromatic rings. The summed E-state index contributed by atoms with van der Waals surface area (Å²) in [6, 6.07) is 2.75. The molecule has 0 radical (unpaired) electrons. The topological polar surface area (TPSA) is 85.8 Å². The van der Waals surface area contributed by atoms with Crippen LogP contribution in [0, 0.1) is 0 Å². The minimum absolute atomic E-state index is 0.0153. The molecule has 1 aromatic carbocycles. The maximum Gasteiger partial charge on any atom is 0.416 e. The van der Waals surface area contributed by atoms with Gasteiger partial charge in [0.05, 0.1) is 21.5 Å². The van der Waals surface area contributed by atoms with Gasteiger partial charge in [-0.25, -0.2) is 4.68 Å². The van der Waals surface area contributed by atoms with E-state index in [0.717, 1.165) is 42.8 Å². The minimum atomic E-state index is -4.53. The molecule has 0 saturated heterocycles. The molecule has 11 heteroatoms. The number of amides is 1. The van der Waals surface area contributed by atoms with Gasteiger partial charge in [-0.05, 0) is 38.0 Å². The largest absolute Gasteiger partial charge is 0.416 e. The fourth-order valence-electron chi connectivity index (χ4n) is 2.23. The number of anilines is 1. The number of nitrogens with one attached hydrogen (secondary N) is 1. The normalized spacial score (nSPS) is 15.7. The number of carbonyl (C=O) groups excluding carboxylic acids is 1. The van der Waals surface area contributed by atoms with Crippen molar-refractivity contribution in [1.29, 1.82) is 0 Å². The second-order valence-corrected chi connectivity index (χ2v) is 7.64. The average molecular weight is 406 g/mol. The lowest BCUT2D eigenvalue weighted by atomic mass is 10.2. The summed E-state index contributed by atoms with van der Waals surface area (Å²) < 4.78 is 39.8. The van der Waals surface area contributed by atoms with Crippen molar-refractivity contribution in [3.8, 4) is 0 Å². The predicted molar refractivity (Wildman–Crippen MR) is 92.6 cm³/mol. The highest BCUT2D eigenvalue weighted by molar-refractivity contribution is 8.00. The van der Waals surface area contributed by atoms with Gasteiger partial charge in [0.1, 0.15) is 0 Å². The molecule has 0 aliphatic heterocycles. The Kier molecular flexibility index (Phi) is 5.07. The smallest absolute Gasteiger partial charge is 0.336 e. The summed E-state index contributed by atoms with van der Waals surface area (Å²) in [7, 11) is 0. The quantitative estimate of drug-likeness (QED) is 0.585. The molecule has 26 heavy (non-hydrogen) atoms. The summed E-state index contributed by atoms with van der Waals surface area (Å²) in [4.78, 5) is 12.3. The molecule has 3 rings (SSSR count). The molecule has 0 spiro atoms. The number of thioether (sulfide) groups is 1. The van der Waals surface area contributed by atoms with Gasteiger partial charge < -0.3 is 11.2 Å². The highest BCUT2D eigenvalue weighted by atomic mass is 35.5. The summed E-state index contributed by atoms with van der Waals surface area (Å²) in [5.41, 5.74) is -1.000. The minimum Gasteiger partial charge on any atom is -0.336 e. The molecule has 3 N–H and O–H groups in total. The van der Waals surface area contributed by atoms with Gasteiger partial charge >= 0.3 is 6.18 Å². The number of nitrogen functional groups attached to an aromatic ring is 1. The van der Waals surface area contributed by atoms with Crippen molar-refractivity contribution in [2.75, 3.05) is 11.2 Å². The molecule has 1 aliphatic rings. The Morgan fingerprint density at radius 3 is 2.73 bits per heavy atom. The summed E-state index contributed by atoms with van der Waals surface area (Å²) in [5, 5.41) is 10.1. The number of nitrogens with zero attached hydrogens (tertiary/aromatic N) is 3. The third kappa shape index (κ3) is 4.07. The van der Waals surface area contributed by atoms with E-state index in [2.05, 4.69) is 15.5 Å². The van der Waals surface area contributed by atoms with E-state index in [4.69, 9.17) is 17.4 Å². The van der Waals surface area contributed by atoms with Gasteiger partial charge in [0, 0.05) is 5.92 Å². The van der Waals surface area contributed by atoms with E-state index >= 15 is 0 Å². The fraction of sp³-hybridized carbons (Fsp3) is 0.400. The van der Waals surface area contributed by atoms with Crippen LogP contribution in [0.15, 0.2) is 23.4 Å². The lowest BCUT2D eigenvalue weighted by Gasteiger charge is -2.14. The van der Waals surface area contributed by atoms with E-state index in [-0.39, 0.29) is 10.7 Å². The Balaban J connectivity index is 1.69. The second kappa shape index (κ2) is 6.99. The van der Waals surface area contributed by atoms with Crippen LogP contribution in [-0.2, 0) is 11.0 Å². The SMILES string of the molecule is C[C@H](Sc1nnc(C2CC2)n1N)C(=O)Nc1cc(C(F)(F)F)ccc1Cl. The van der Waals surface area contributed by atoms with Crippen molar-refractivity contribution >= 4 is 35.0 Å². The zero-order chi connectivity index (χ0) is 19.1. The van der Waals surface area contributed by atoms with Crippen molar-refractivity contribution in [2.45, 2.75) is 42.3 Å². The first-order chi connectivity index (χ1) is 12.2. The lowest BCUT2D eigenvalue weighted by molar-refractivity contribution is -0.137. The summed E-state index contributed by atoms with van der Waals surface area (Å²) in [6.45, 7) is 1.59. The van der Waals surface area contributed by atoms with E-state index in [0.29, 0.717) is 16.9 Å². The highest BCUT2D eigenvalue weighted by Crippen LogP contribution is 2.39. The molecule has 6 nitrogen and oxygen atoms in total. The number of hydrogen-bond acceptors (Lipinski definition) is 5. The molecule has 0 unspecified atom stereocenters. The first kappa shape index (κ1) is 18.8. The average Bonchev–Trinajstić information content (AvgIpc) is 3.33. The number of alkyl halides is 3. The van der Waals surface area contributed by atoms with Gasteiger partial charge in [0.2, 0.25) is 11.1 Å². The predicted octanol–water partition coefficient (Wildman–Crippen LogP) is 3.66. The Labute approximate surface area is 156 Å². The number of carbonyl (C=O) groups is 1. The van der Waals surface area contributed by atoms with E-state index < -0.39 is 22.9 Å². The number of nitrogens with two attached hydrogens (primary N) is 1. The highest BCUT2D eigenvalue weighted by Gasteiger charge is 2.32. The van der Waals surface area contributed by atoms with Crippen molar-refractivity contribution in [3.63, 3.8) is 0 Å². The molecule has 1 aromatic heterocycles. The van der Waals surface area contributed by atoms with Crippen LogP contribution in [0.2, 0.25) is 5.02 Å². The molecular weight excluding hydrogens is 391 g/mol. The maximum absolute atomic E-state index is 12.8. The second-order valence-electron chi connectivity index (χ2n) is 5.93. The lowest BCUT2D eigenvalue weighted by Crippen LogP contribution is -2.24. The number of aromatic nitrogens is 3. The summed E-state index contributed by atoms with van der Waals surface area (Å²) in [6.07, 6.45) is -2.52. The molecule has 0 bridgehead atoms. The number of hydrogen-bond donors (Lipinski definition) is 2. The van der Waals surface area contributed by atoms with Gasteiger partial charge in [-0.15, -0.1) is 10.2 Å². The van der Waals surface area contributed by atoms with Crippen molar-refractivity contribution in [2.24, 2.45) is 0 Å². The van der Waals surface area contributed by atoms with Gasteiger partial charge in [-0.1, -0.05) is 23.4 Å². The van der Waals surface area contributed by atoms with Crippen LogP contribution < -0.4 is 11.2 Å². The summed E-state index contributed by atoms with van der Waals surface area (Å²) in [5.74, 6) is 6.38. The maximum atomic E-state index is 12.8. The fourth-order valence-corrected chi connectivity index (χ4v) is 3.17. The first-order valence-corrected chi connectivity index (χ1v) is 8.97. The number of benzene rings is 1. The van der Waals surface area contributed by atoms with Crippen LogP contribution in [0.3, 0.4) is 0 Å². The van der Waals surface area contributed by atoms with Crippen LogP contribution in [0.4, 0.5) is 18.9 Å². The molecule has 1 saturated carbocycles. The van der Waals surface area contributed by atoms with Crippen molar-refractivity contribution in [1.82, 2.24) is 14.9 Å². The van der Waals surface area contributed by atoms with Crippen LogP contribution in [0.5, 0.6) is 0 Å². The molecule has 1 amide bonds. The van der Waals surface area contributed by atoms with Gasteiger partial charge in [-0.3, -0.25) is 4.79 Å². The molecule has 1 aliphatic carbocycles. The molecular formula is C15H15ClF3N5OS. The Morgan fingerprint density at radius 1 is 1.42 bits per heavy atom. The first-order valence-electron chi connectivity index (χ1n) is 7.71. The van der Waals surface area contributed by atoms with Gasteiger partial charge in [-0.2, -0.15) is 13.2 Å². The Morgan fingerprint density at radius 2 is 2.12 bits per heavy atom. The molecule has 1 fully saturated rings. The van der Waals surface area contributed by atoms with E-state index in [9.17, 15) is 18.0 Å². The van der Waals surface area contributed by atoms with Crippen LogP contribution in [0.25, 0.3) is 0 Å². The number of halogens is 4. The standard InChI is InChI=1S/C15H15ClF3N5OS/c1-7(26-14-23-22-12(24(14)20)8-2-3-8)13(25)21-11-6-9(15(17,18)19)4-5-10(11)16/h4-8H,2-3,20H2,1H3,(H,21,25)/t7-/m0/s1. The molecule has 1 heterocycles. The summed E-state index contributed by atoms with van der Waals surface area (Å²) >= 11 is 6.96. The van der Waals surface area contributed by atoms with E-state index in [1.165, 1.54) is 4.68 Å². The van der Waals surface area contributed by atoms with E-state index in [1.54, 1.807) is 6.92 Å². The van der Waals surface area contributed by atoms with Crippen LogP contribution >= 0.6 is 23.4 Å². The number of rotatable bonds is 5. The van der Waals surface area contributed by atoms with E-state index in [1.807, 2.05) is 0 Å². The van der Waals surface area contributed by atoms with Crippen LogP contribution in [-0.4, -0.2) is 26.0 Å². The third-order valence-electron chi connectivity index (χ3n) is 3.84. The van der Waals surface area contributed by atoms with Gasteiger partial charge in [0.15, 0.2) is 5.82 Å². The third-order valence-corrected chi connectivity index (χ3v) is 5.22. The Bertz CT molecular complexity index is 837. The van der Waals surface area contributed by atoms with Crippen LogP contribution in [0.1, 0.15) is 37.1 Å².